The number of rotatable bonds is 7. The number of amides is 1. The number of non-ortho nitro benzene ring substituents is 1. The highest BCUT2D eigenvalue weighted by Crippen LogP contribution is 2.28. The number of anilines is 1. The van der Waals surface area contributed by atoms with Crippen molar-refractivity contribution in [3.05, 3.63) is 64.2 Å². The molecule has 0 aliphatic rings. The number of nitrogens with zero attached hydrogens (tertiary/aromatic N) is 2. The summed E-state index contributed by atoms with van der Waals surface area (Å²) in [5, 5.41) is 11.0. The molecule has 2 aromatic rings. The van der Waals surface area contributed by atoms with Crippen molar-refractivity contribution in [2.45, 2.75) is 18.2 Å². The van der Waals surface area contributed by atoms with Gasteiger partial charge in [-0.1, -0.05) is 24.3 Å². The molecule has 132 valence electrons. The number of aryl methyl sites for hydroxylation is 1. The Bertz CT molecular complexity index is 897. The zero-order chi connectivity index (χ0) is 18.6. The standard InChI is InChI=1S/C16H17N3O5S/c1-12-7-8-14(19(21)22)11-15(12)25(23,24)18(10-9-16(17)20)13-5-3-2-4-6-13/h2-8,11H,9-10H2,1H3,(H2,17,20). The second-order valence-electron chi connectivity index (χ2n) is 5.34. The van der Waals surface area contributed by atoms with Crippen LogP contribution in [-0.4, -0.2) is 25.8 Å². The molecule has 0 fully saturated rings. The first-order valence-electron chi connectivity index (χ1n) is 7.34. The predicted molar refractivity (Wildman–Crippen MR) is 92.6 cm³/mol. The van der Waals surface area contributed by atoms with Crippen molar-refractivity contribution >= 4 is 27.3 Å². The lowest BCUT2D eigenvalue weighted by atomic mass is 10.2. The van der Waals surface area contributed by atoms with Crippen molar-refractivity contribution in [2.75, 3.05) is 10.8 Å². The summed E-state index contributed by atoms with van der Waals surface area (Å²) >= 11 is 0. The Morgan fingerprint density at radius 1 is 1.20 bits per heavy atom. The number of hydrogen-bond donors (Lipinski definition) is 1. The molecule has 0 spiro atoms. The SMILES string of the molecule is Cc1ccc([N+](=O)[O-])cc1S(=O)(=O)N(CCC(N)=O)c1ccccc1. The van der Waals surface area contributed by atoms with Gasteiger partial charge in [-0.2, -0.15) is 0 Å². The number of benzene rings is 2. The molecule has 0 saturated carbocycles. The van der Waals surface area contributed by atoms with Gasteiger partial charge in [0.15, 0.2) is 0 Å². The predicted octanol–water partition coefficient (Wildman–Crippen LogP) is 1.97. The van der Waals surface area contributed by atoms with E-state index in [0.29, 0.717) is 11.3 Å². The minimum absolute atomic E-state index is 0.163. The third kappa shape index (κ3) is 4.13. The molecule has 2 N–H and O–H groups in total. The summed E-state index contributed by atoms with van der Waals surface area (Å²) in [5.41, 5.74) is 5.53. The van der Waals surface area contributed by atoms with E-state index in [4.69, 9.17) is 5.73 Å². The largest absolute Gasteiger partial charge is 0.370 e. The monoisotopic (exact) mass is 363 g/mol. The quantitative estimate of drug-likeness (QED) is 0.595. The summed E-state index contributed by atoms with van der Waals surface area (Å²) in [6.45, 7) is 1.39. The smallest absolute Gasteiger partial charge is 0.270 e. The minimum Gasteiger partial charge on any atom is -0.370 e. The lowest BCUT2D eigenvalue weighted by molar-refractivity contribution is -0.385. The third-order valence-corrected chi connectivity index (χ3v) is 5.53. The van der Waals surface area contributed by atoms with Gasteiger partial charge in [-0.25, -0.2) is 8.42 Å². The topological polar surface area (TPSA) is 124 Å². The van der Waals surface area contributed by atoms with E-state index in [-0.39, 0.29) is 23.5 Å². The van der Waals surface area contributed by atoms with Crippen LogP contribution in [0.3, 0.4) is 0 Å². The summed E-state index contributed by atoms with van der Waals surface area (Å²) in [4.78, 5) is 21.3. The molecule has 8 nitrogen and oxygen atoms in total. The highest BCUT2D eigenvalue weighted by molar-refractivity contribution is 7.92. The Hall–Kier alpha value is -2.94. The van der Waals surface area contributed by atoms with Gasteiger partial charge in [0.05, 0.1) is 15.5 Å². The number of para-hydroxylation sites is 1. The molecular weight excluding hydrogens is 346 g/mol. The summed E-state index contributed by atoms with van der Waals surface area (Å²) in [6.07, 6.45) is -0.178. The van der Waals surface area contributed by atoms with E-state index in [9.17, 15) is 23.3 Å². The normalized spacial score (nSPS) is 11.1. The fourth-order valence-electron chi connectivity index (χ4n) is 2.29. The maximum absolute atomic E-state index is 13.1. The maximum atomic E-state index is 13.1. The molecule has 0 aliphatic carbocycles. The van der Waals surface area contributed by atoms with Crippen molar-refractivity contribution < 1.29 is 18.1 Å². The fourth-order valence-corrected chi connectivity index (χ4v) is 4.01. The fraction of sp³-hybridized carbons (Fsp3) is 0.188. The van der Waals surface area contributed by atoms with E-state index < -0.39 is 20.9 Å². The molecule has 0 bridgehead atoms. The third-order valence-electron chi connectivity index (χ3n) is 3.56. The van der Waals surface area contributed by atoms with Crippen LogP contribution in [0, 0.1) is 17.0 Å². The molecular formula is C16H17N3O5S. The second kappa shape index (κ2) is 7.31. The van der Waals surface area contributed by atoms with Crippen LogP contribution >= 0.6 is 0 Å². The number of primary amides is 1. The molecule has 25 heavy (non-hydrogen) atoms. The zero-order valence-corrected chi connectivity index (χ0v) is 14.3. The van der Waals surface area contributed by atoms with E-state index in [1.54, 1.807) is 37.3 Å². The molecule has 2 rings (SSSR count). The lowest BCUT2D eigenvalue weighted by Gasteiger charge is -2.24. The molecule has 0 unspecified atom stereocenters. The van der Waals surface area contributed by atoms with Crippen molar-refractivity contribution in [3.8, 4) is 0 Å². The van der Waals surface area contributed by atoms with E-state index in [2.05, 4.69) is 0 Å². The number of carbonyl (C=O) groups excluding carboxylic acids is 1. The van der Waals surface area contributed by atoms with Crippen LogP contribution in [0.2, 0.25) is 0 Å². The Kier molecular flexibility index (Phi) is 5.38. The Morgan fingerprint density at radius 3 is 2.40 bits per heavy atom. The van der Waals surface area contributed by atoms with Crippen LogP contribution in [0.4, 0.5) is 11.4 Å². The molecule has 0 atom stereocenters. The maximum Gasteiger partial charge on any atom is 0.270 e. The van der Waals surface area contributed by atoms with Crippen molar-refractivity contribution in [2.24, 2.45) is 5.73 Å². The highest BCUT2D eigenvalue weighted by Gasteiger charge is 2.28. The van der Waals surface area contributed by atoms with Crippen LogP contribution < -0.4 is 10.0 Å². The van der Waals surface area contributed by atoms with Crippen LogP contribution in [0.1, 0.15) is 12.0 Å². The van der Waals surface area contributed by atoms with E-state index in [1.807, 2.05) is 0 Å². The Balaban J connectivity index is 2.57. The van der Waals surface area contributed by atoms with Gasteiger partial charge in [0, 0.05) is 25.1 Å². The highest BCUT2D eigenvalue weighted by atomic mass is 32.2. The summed E-state index contributed by atoms with van der Waals surface area (Å²) in [7, 11) is -4.12. The van der Waals surface area contributed by atoms with Crippen LogP contribution in [0.25, 0.3) is 0 Å². The van der Waals surface area contributed by atoms with Gasteiger partial charge in [0.2, 0.25) is 5.91 Å². The van der Waals surface area contributed by atoms with E-state index in [0.717, 1.165) is 10.4 Å². The molecule has 0 aromatic heterocycles. The summed E-state index contributed by atoms with van der Waals surface area (Å²) < 4.78 is 27.2. The molecule has 0 saturated heterocycles. The number of nitro groups is 1. The van der Waals surface area contributed by atoms with Crippen LogP contribution in [0.5, 0.6) is 0 Å². The van der Waals surface area contributed by atoms with Crippen LogP contribution in [-0.2, 0) is 14.8 Å². The van der Waals surface area contributed by atoms with Gasteiger partial charge in [-0.15, -0.1) is 0 Å². The molecule has 9 heteroatoms. The molecule has 0 heterocycles. The number of carbonyl (C=O) groups is 1. The molecule has 0 aliphatic heterocycles. The number of nitro benzene ring substituents is 1. The van der Waals surface area contributed by atoms with Crippen molar-refractivity contribution in [1.29, 1.82) is 0 Å². The number of hydrogen-bond acceptors (Lipinski definition) is 5. The van der Waals surface area contributed by atoms with Crippen LogP contribution in [0.15, 0.2) is 53.4 Å². The van der Waals surface area contributed by atoms with Gasteiger partial charge >= 0.3 is 0 Å². The Labute approximate surface area is 145 Å². The minimum atomic E-state index is -4.12. The van der Waals surface area contributed by atoms with Gasteiger partial charge in [-0.05, 0) is 24.6 Å². The summed E-state index contributed by atoms with van der Waals surface area (Å²) in [5.74, 6) is -0.646. The average molecular weight is 363 g/mol. The van der Waals surface area contributed by atoms with Gasteiger partial charge in [-0.3, -0.25) is 19.2 Å². The molecule has 2 aromatic carbocycles. The second-order valence-corrected chi connectivity index (χ2v) is 7.17. The van der Waals surface area contributed by atoms with Gasteiger partial charge in [0.1, 0.15) is 0 Å². The van der Waals surface area contributed by atoms with Crippen molar-refractivity contribution in [3.63, 3.8) is 0 Å². The van der Waals surface area contributed by atoms with Gasteiger partial charge < -0.3 is 5.73 Å². The Morgan fingerprint density at radius 2 is 1.84 bits per heavy atom. The first-order valence-corrected chi connectivity index (χ1v) is 8.78. The first-order chi connectivity index (χ1) is 11.7. The molecule has 0 radical (unpaired) electrons. The lowest BCUT2D eigenvalue weighted by Crippen LogP contribution is -2.34. The summed E-state index contributed by atoms with van der Waals surface area (Å²) in [6, 6.07) is 11.8. The van der Waals surface area contributed by atoms with E-state index in [1.165, 1.54) is 12.1 Å². The number of sulfonamides is 1. The van der Waals surface area contributed by atoms with E-state index >= 15 is 0 Å². The first kappa shape index (κ1) is 18.4. The number of nitrogens with two attached hydrogens (primary N) is 1. The van der Waals surface area contributed by atoms with Crippen molar-refractivity contribution in [1.82, 2.24) is 0 Å². The average Bonchev–Trinajstić information content (AvgIpc) is 2.55. The zero-order valence-electron chi connectivity index (χ0n) is 13.5. The molecule has 1 amide bonds. The van der Waals surface area contributed by atoms with Gasteiger partial charge in [0.25, 0.3) is 15.7 Å².